The minimum atomic E-state index is 0.300. The summed E-state index contributed by atoms with van der Waals surface area (Å²) in [5.41, 5.74) is 8.93. The van der Waals surface area contributed by atoms with Crippen molar-refractivity contribution in [1.29, 1.82) is 5.26 Å². The molecule has 5 nitrogen and oxygen atoms in total. The Bertz CT molecular complexity index is 696. The first-order chi connectivity index (χ1) is 10.2. The smallest absolute Gasteiger partial charge is 0.142 e. The molecule has 0 atom stereocenters. The largest absolute Gasteiger partial charge is 0.383 e. The summed E-state index contributed by atoms with van der Waals surface area (Å²) >= 11 is 0. The molecule has 1 fully saturated rings. The first kappa shape index (κ1) is 13.5. The summed E-state index contributed by atoms with van der Waals surface area (Å²) in [6, 6.07) is 4.11. The second-order valence-corrected chi connectivity index (χ2v) is 5.38. The van der Waals surface area contributed by atoms with Crippen LogP contribution in [0.15, 0.2) is 18.5 Å². The number of nitrogens with two attached hydrogens (primary N) is 1. The third-order valence-electron chi connectivity index (χ3n) is 3.66. The molecule has 2 aromatic heterocycles. The molecule has 2 aromatic rings. The van der Waals surface area contributed by atoms with Crippen molar-refractivity contribution in [3.05, 3.63) is 35.5 Å². The Kier molecular flexibility index (Phi) is 3.53. The number of nitrogens with zero attached hydrogens (tertiary/aromatic N) is 4. The van der Waals surface area contributed by atoms with Gasteiger partial charge in [-0.25, -0.2) is 15.0 Å². The van der Waals surface area contributed by atoms with Gasteiger partial charge in [0.25, 0.3) is 0 Å². The molecule has 0 aromatic carbocycles. The molecular weight excluding hydrogens is 262 g/mol. The van der Waals surface area contributed by atoms with Crippen LogP contribution < -0.4 is 5.73 Å². The predicted molar refractivity (Wildman–Crippen MR) is 80.4 cm³/mol. The lowest BCUT2D eigenvalue weighted by molar-refractivity contribution is 0.835. The number of nitrogen functional groups attached to an aromatic ring is 1. The summed E-state index contributed by atoms with van der Waals surface area (Å²) in [5, 5.41) is 9.33. The Morgan fingerprint density at radius 1 is 1.33 bits per heavy atom. The zero-order valence-corrected chi connectivity index (χ0v) is 12.0. The van der Waals surface area contributed by atoms with E-state index in [1.165, 1.54) is 0 Å². The maximum Gasteiger partial charge on any atom is 0.142 e. The molecule has 1 saturated carbocycles. The molecule has 0 saturated heterocycles. The molecule has 0 unspecified atom stereocenters. The molecule has 106 valence electrons. The van der Waals surface area contributed by atoms with Crippen LogP contribution in [0.1, 0.15) is 49.2 Å². The fraction of sp³-hybridized carbons (Fsp3) is 0.375. The van der Waals surface area contributed by atoms with Crippen molar-refractivity contribution in [2.45, 2.75) is 38.5 Å². The average molecular weight is 279 g/mol. The summed E-state index contributed by atoms with van der Waals surface area (Å²) in [4.78, 5) is 13.1. The van der Waals surface area contributed by atoms with Crippen LogP contribution in [0.4, 0.5) is 5.82 Å². The molecule has 2 heterocycles. The number of aromatic nitrogens is 3. The van der Waals surface area contributed by atoms with E-state index in [9.17, 15) is 5.26 Å². The van der Waals surface area contributed by atoms with Crippen molar-refractivity contribution < 1.29 is 0 Å². The maximum absolute atomic E-state index is 9.33. The molecule has 3 rings (SSSR count). The molecule has 0 spiro atoms. The third-order valence-corrected chi connectivity index (χ3v) is 3.66. The molecule has 0 radical (unpaired) electrons. The Hall–Kier alpha value is -2.48. The fourth-order valence-electron chi connectivity index (χ4n) is 2.37. The van der Waals surface area contributed by atoms with Crippen LogP contribution in [-0.2, 0) is 6.42 Å². The second-order valence-electron chi connectivity index (χ2n) is 5.38. The van der Waals surface area contributed by atoms with Gasteiger partial charge in [0.2, 0.25) is 0 Å². The highest BCUT2D eigenvalue weighted by Gasteiger charge is 2.27. The predicted octanol–water partition coefficient (Wildman–Crippen LogP) is 2.82. The van der Waals surface area contributed by atoms with Crippen LogP contribution in [0.2, 0.25) is 0 Å². The van der Waals surface area contributed by atoms with Crippen molar-refractivity contribution >= 4 is 5.82 Å². The number of aryl methyl sites for hydroxylation is 1. The second kappa shape index (κ2) is 5.49. The number of hydrogen-bond acceptors (Lipinski definition) is 5. The molecular formula is C16H17N5. The van der Waals surface area contributed by atoms with Crippen molar-refractivity contribution in [1.82, 2.24) is 15.0 Å². The van der Waals surface area contributed by atoms with Gasteiger partial charge in [-0.3, -0.25) is 0 Å². The zero-order chi connectivity index (χ0) is 14.8. The lowest BCUT2D eigenvalue weighted by atomic mass is 10.0. The first-order valence-corrected chi connectivity index (χ1v) is 7.24. The zero-order valence-electron chi connectivity index (χ0n) is 12.0. The molecule has 2 N–H and O–H groups in total. The van der Waals surface area contributed by atoms with Gasteiger partial charge in [0.15, 0.2) is 0 Å². The monoisotopic (exact) mass is 279 g/mol. The van der Waals surface area contributed by atoms with Gasteiger partial charge < -0.3 is 5.73 Å². The van der Waals surface area contributed by atoms with Crippen LogP contribution in [0.3, 0.4) is 0 Å². The number of hydrogen-bond donors (Lipinski definition) is 1. The van der Waals surface area contributed by atoms with E-state index in [0.717, 1.165) is 48.3 Å². The van der Waals surface area contributed by atoms with E-state index in [1.54, 1.807) is 12.4 Å². The normalized spacial score (nSPS) is 13.9. The summed E-state index contributed by atoms with van der Waals surface area (Å²) in [7, 11) is 0. The SMILES string of the molecule is CCCc1ncc(-c2cc(C3CC3)nc(N)c2C#N)cn1. The highest BCUT2D eigenvalue weighted by molar-refractivity contribution is 5.75. The van der Waals surface area contributed by atoms with E-state index in [4.69, 9.17) is 5.73 Å². The van der Waals surface area contributed by atoms with E-state index in [2.05, 4.69) is 27.9 Å². The Morgan fingerprint density at radius 3 is 2.62 bits per heavy atom. The van der Waals surface area contributed by atoms with Gasteiger partial charge in [-0.1, -0.05) is 6.92 Å². The van der Waals surface area contributed by atoms with Crippen LogP contribution >= 0.6 is 0 Å². The number of rotatable bonds is 4. The van der Waals surface area contributed by atoms with Gasteiger partial charge in [-0.2, -0.15) is 5.26 Å². The molecule has 21 heavy (non-hydrogen) atoms. The molecule has 5 heteroatoms. The van der Waals surface area contributed by atoms with Crippen LogP contribution in [0, 0.1) is 11.3 Å². The summed E-state index contributed by atoms with van der Waals surface area (Å²) in [5.74, 6) is 1.61. The molecule has 0 bridgehead atoms. The number of anilines is 1. The quantitative estimate of drug-likeness (QED) is 0.929. The van der Waals surface area contributed by atoms with E-state index < -0.39 is 0 Å². The fourth-order valence-corrected chi connectivity index (χ4v) is 2.37. The minimum Gasteiger partial charge on any atom is -0.383 e. The molecule has 1 aliphatic rings. The van der Waals surface area contributed by atoms with Crippen LogP contribution in [0.25, 0.3) is 11.1 Å². The van der Waals surface area contributed by atoms with Gasteiger partial charge in [-0.15, -0.1) is 0 Å². The summed E-state index contributed by atoms with van der Waals surface area (Å²) < 4.78 is 0. The summed E-state index contributed by atoms with van der Waals surface area (Å²) in [6.07, 6.45) is 7.69. The highest BCUT2D eigenvalue weighted by Crippen LogP contribution is 2.41. The number of pyridine rings is 1. The van der Waals surface area contributed by atoms with Crippen LogP contribution in [0.5, 0.6) is 0 Å². The minimum absolute atomic E-state index is 0.300. The molecule has 0 amide bonds. The third kappa shape index (κ3) is 2.70. The average Bonchev–Trinajstić information content (AvgIpc) is 3.32. The summed E-state index contributed by atoms with van der Waals surface area (Å²) in [6.45, 7) is 2.09. The van der Waals surface area contributed by atoms with E-state index >= 15 is 0 Å². The van der Waals surface area contributed by atoms with Crippen molar-refractivity contribution in [3.8, 4) is 17.2 Å². The molecule has 0 aliphatic heterocycles. The number of nitriles is 1. The topological polar surface area (TPSA) is 88.5 Å². The van der Waals surface area contributed by atoms with Gasteiger partial charge in [-0.05, 0) is 25.3 Å². The Labute approximate surface area is 123 Å². The van der Waals surface area contributed by atoms with Crippen molar-refractivity contribution in [2.24, 2.45) is 0 Å². The standard InChI is InChI=1S/C16H17N5/c1-2-3-15-19-8-11(9-20-15)12-6-14(10-4-5-10)21-16(18)13(12)7-17/h6,8-10H,2-5H2,1H3,(H2,18,21). The lowest BCUT2D eigenvalue weighted by Crippen LogP contribution is -2.02. The van der Waals surface area contributed by atoms with Crippen molar-refractivity contribution in [3.63, 3.8) is 0 Å². The lowest BCUT2D eigenvalue weighted by Gasteiger charge is -2.09. The molecule has 1 aliphatic carbocycles. The van der Waals surface area contributed by atoms with E-state index in [0.29, 0.717) is 17.3 Å². The van der Waals surface area contributed by atoms with Gasteiger partial charge in [0.1, 0.15) is 23.3 Å². The Balaban J connectivity index is 2.05. The van der Waals surface area contributed by atoms with Gasteiger partial charge >= 0.3 is 0 Å². The van der Waals surface area contributed by atoms with Gasteiger partial charge in [0, 0.05) is 41.6 Å². The van der Waals surface area contributed by atoms with E-state index in [1.807, 2.05) is 6.07 Å². The van der Waals surface area contributed by atoms with Crippen molar-refractivity contribution in [2.75, 3.05) is 5.73 Å². The van der Waals surface area contributed by atoms with Crippen LogP contribution in [-0.4, -0.2) is 15.0 Å². The Morgan fingerprint density at radius 2 is 2.05 bits per heavy atom. The highest BCUT2D eigenvalue weighted by atomic mass is 14.9. The maximum atomic E-state index is 9.33. The van der Waals surface area contributed by atoms with Gasteiger partial charge in [0.05, 0.1) is 0 Å². The van der Waals surface area contributed by atoms with E-state index in [-0.39, 0.29) is 0 Å². The first-order valence-electron chi connectivity index (χ1n) is 7.24.